The highest BCUT2D eigenvalue weighted by molar-refractivity contribution is 5.18. The van der Waals surface area contributed by atoms with E-state index in [1.165, 1.54) is 12.0 Å². The molecule has 0 aromatic heterocycles. The standard InChI is InChI=1S/C12H19N/c1-10(8-9-11(2)13)12-6-4-3-5-7-12/h3-7,10-11H,8-9,13H2,1-2H3/t10?,11-/m0/s1. The summed E-state index contributed by atoms with van der Waals surface area (Å²) in [6.07, 6.45) is 2.29. The third-order valence-electron chi connectivity index (χ3n) is 2.42. The van der Waals surface area contributed by atoms with Gasteiger partial charge in [0, 0.05) is 6.04 Å². The summed E-state index contributed by atoms with van der Waals surface area (Å²) in [4.78, 5) is 0. The molecule has 0 fully saturated rings. The maximum Gasteiger partial charge on any atom is 0.00106 e. The van der Waals surface area contributed by atoms with Gasteiger partial charge >= 0.3 is 0 Å². The molecule has 0 aliphatic heterocycles. The van der Waals surface area contributed by atoms with E-state index in [2.05, 4.69) is 44.2 Å². The summed E-state index contributed by atoms with van der Waals surface area (Å²) in [5, 5.41) is 0. The molecular formula is C12H19N. The summed E-state index contributed by atoms with van der Waals surface area (Å²) < 4.78 is 0. The molecule has 0 radical (unpaired) electrons. The average molecular weight is 177 g/mol. The van der Waals surface area contributed by atoms with Crippen LogP contribution < -0.4 is 5.73 Å². The minimum absolute atomic E-state index is 0.325. The normalized spacial score (nSPS) is 15.3. The van der Waals surface area contributed by atoms with Gasteiger partial charge in [-0.25, -0.2) is 0 Å². The molecule has 1 unspecified atom stereocenters. The zero-order valence-electron chi connectivity index (χ0n) is 8.53. The molecule has 0 bridgehead atoms. The first-order valence-electron chi connectivity index (χ1n) is 5.00. The second-order valence-corrected chi connectivity index (χ2v) is 3.87. The third-order valence-corrected chi connectivity index (χ3v) is 2.42. The smallest absolute Gasteiger partial charge is 0.00106 e. The van der Waals surface area contributed by atoms with E-state index in [1.807, 2.05) is 0 Å². The molecule has 0 heterocycles. The number of benzene rings is 1. The van der Waals surface area contributed by atoms with Crippen molar-refractivity contribution in [2.45, 2.75) is 38.6 Å². The van der Waals surface area contributed by atoms with Gasteiger partial charge in [-0.3, -0.25) is 0 Å². The minimum atomic E-state index is 0.325. The van der Waals surface area contributed by atoms with Crippen molar-refractivity contribution < 1.29 is 0 Å². The average Bonchev–Trinajstić information content (AvgIpc) is 2.15. The van der Waals surface area contributed by atoms with Crippen molar-refractivity contribution in [3.05, 3.63) is 35.9 Å². The molecular weight excluding hydrogens is 158 g/mol. The lowest BCUT2D eigenvalue weighted by molar-refractivity contribution is 0.569. The molecule has 72 valence electrons. The maximum atomic E-state index is 5.72. The van der Waals surface area contributed by atoms with E-state index >= 15 is 0 Å². The first-order valence-corrected chi connectivity index (χ1v) is 5.00. The molecule has 1 rings (SSSR count). The summed E-state index contributed by atoms with van der Waals surface area (Å²) in [5.74, 6) is 0.632. The van der Waals surface area contributed by atoms with E-state index in [0.717, 1.165) is 6.42 Å². The number of rotatable bonds is 4. The summed E-state index contributed by atoms with van der Waals surface area (Å²) >= 11 is 0. The topological polar surface area (TPSA) is 26.0 Å². The van der Waals surface area contributed by atoms with E-state index in [0.29, 0.717) is 12.0 Å². The van der Waals surface area contributed by atoms with E-state index in [4.69, 9.17) is 5.73 Å². The van der Waals surface area contributed by atoms with Gasteiger partial charge in [0.15, 0.2) is 0 Å². The molecule has 1 nitrogen and oxygen atoms in total. The zero-order chi connectivity index (χ0) is 9.68. The van der Waals surface area contributed by atoms with Crippen LogP contribution in [0.4, 0.5) is 0 Å². The Balaban J connectivity index is 2.44. The molecule has 0 saturated heterocycles. The van der Waals surface area contributed by atoms with Gasteiger partial charge in [-0.15, -0.1) is 0 Å². The Morgan fingerprint density at radius 1 is 1.08 bits per heavy atom. The van der Waals surface area contributed by atoms with Gasteiger partial charge in [-0.2, -0.15) is 0 Å². The van der Waals surface area contributed by atoms with Crippen LogP contribution in [0.1, 0.15) is 38.2 Å². The van der Waals surface area contributed by atoms with Crippen molar-refractivity contribution in [2.24, 2.45) is 5.73 Å². The van der Waals surface area contributed by atoms with Crippen LogP contribution in [0.5, 0.6) is 0 Å². The van der Waals surface area contributed by atoms with E-state index in [9.17, 15) is 0 Å². The molecule has 0 aliphatic rings. The van der Waals surface area contributed by atoms with Gasteiger partial charge in [0.25, 0.3) is 0 Å². The molecule has 0 aliphatic carbocycles. The highest BCUT2D eigenvalue weighted by Gasteiger charge is 2.05. The Morgan fingerprint density at radius 3 is 2.23 bits per heavy atom. The summed E-state index contributed by atoms with van der Waals surface area (Å²) in [6, 6.07) is 10.9. The van der Waals surface area contributed by atoms with Crippen molar-refractivity contribution in [1.82, 2.24) is 0 Å². The van der Waals surface area contributed by atoms with Gasteiger partial charge in [-0.05, 0) is 31.2 Å². The summed E-state index contributed by atoms with van der Waals surface area (Å²) in [5.41, 5.74) is 7.14. The van der Waals surface area contributed by atoms with Gasteiger partial charge in [0.2, 0.25) is 0 Å². The quantitative estimate of drug-likeness (QED) is 0.752. The fraction of sp³-hybridized carbons (Fsp3) is 0.500. The van der Waals surface area contributed by atoms with Crippen LogP contribution in [0.3, 0.4) is 0 Å². The molecule has 1 aromatic carbocycles. The van der Waals surface area contributed by atoms with Crippen LogP contribution in [0, 0.1) is 0 Å². The van der Waals surface area contributed by atoms with Crippen LogP contribution in [-0.4, -0.2) is 6.04 Å². The molecule has 0 saturated carbocycles. The third kappa shape index (κ3) is 3.60. The highest BCUT2D eigenvalue weighted by Crippen LogP contribution is 2.20. The molecule has 2 atom stereocenters. The van der Waals surface area contributed by atoms with Crippen molar-refractivity contribution in [1.29, 1.82) is 0 Å². The molecule has 1 aromatic rings. The van der Waals surface area contributed by atoms with E-state index < -0.39 is 0 Å². The van der Waals surface area contributed by atoms with E-state index in [-0.39, 0.29) is 0 Å². The van der Waals surface area contributed by atoms with Crippen LogP contribution in [0.15, 0.2) is 30.3 Å². The molecule has 0 amide bonds. The van der Waals surface area contributed by atoms with Crippen LogP contribution in [0.25, 0.3) is 0 Å². The fourth-order valence-corrected chi connectivity index (χ4v) is 1.46. The SMILES string of the molecule is CC(CC[C@H](C)N)c1ccccc1. The first kappa shape index (κ1) is 10.3. The largest absolute Gasteiger partial charge is 0.328 e. The number of hydrogen-bond acceptors (Lipinski definition) is 1. The zero-order valence-corrected chi connectivity index (χ0v) is 8.53. The van der Waals surface area contributed by atoms with Gasteiger partial charge < -0.3 is 5.73 Å². The van der Waals surface area contributed by atoms with Gasteiger partial charge in [0.05, 0.1) is 0 Å². The Kier molecular flexibility index (Phi) is 3.97. The predicted octanol–water partition coefficient (Wildman–Crippen LogP) is 2.92. The van der Waals surface area contributed by atoms with E-state index in [1.54, 1.807) is 0 Å². The van der Waals surface area contributed by atoms with Crippen LogP contribution >= 0.6 is 0 Å². The van der Waals surface area contributed by atoms with Crippen molar-refractivity contribution in [3.63, 3.8) is 0 Å². The maximum absolute atomic E-state index is 5.72. The predicted molar refractivity (Wildman–Crippen MR) is 57.7 cm³/mol. The van der Waals surface area contributed by atoms with Crippen LogP contribution in [-0.2, 0) is 0 Å². The Morgan fingerprint density at radius 2 is 1.69 bits per heavy atom. The molecule has 2 N–H and O–H groups in total. The first-order chi connectivity index (χ1) is 6.20. The Labute approximate surface area is 81.0 Å². The minimum Gasteiger partial charge on any atom is -0.328 e. The lowest BCUT2D eigenvalue weighted by atomic mass is 9.95. The fourth-order valence-electron chi connectivity index (χ4n) is 1.46. The van der Waals surface area contributed by atoms with Gasteiger partial charge in [0.1, 0.15) is 0 Å². The second-order valence-electron chi connectivity index (χ2n) is 3.87. The Hall–Kier alpha value is -0.820. The number of nitrogens with two attached hydrogens (primary N) is 1. The lowest BCUT2D eigenvalue weighted by Gasteiger charge is -2.12. The van der Waals surface area contributed by atoms with Crippen molar-refractivity contribution in [3.8, 4) is 0 Å². The second kappa shape index (κ2) is 5.03. The van der Waals surface area contributed by atoms with Gasteiger partial charge in [-0.1, -0.05) is 37.3 Å². The Bertz CT molecular complexity index is 228. The monoisotopic (exact) mass is 177 g/mol. The highest BCUT2D eigenvalue weighted by atomic mass is 14.6. The van der Waals surface area contributed by atoms with Crippen molar-refractivity contribution in [2.75, 3.05) is 0 Å². The lowest BCUT2D eigenvalue weighted by Crippen LogP contribution is -2.15. The molecule has 1 heteroatoms. The molecule has 13 heavy (non-hydrogen) atoms. The van der Waals surface area contributed by atoms with Crippen LogP contribution in [0.2, 0.25) is 0 Å². The summed E-state index contributed by atoms with van der Waals surface area (Å²) in [7, 11) is 0. The summed E-state index contributed by atoms with van der Waals surface area (Å²) in [6.45, 7) is 4.33. The van der Waals surface area contributed by atoms with Crippen molar-refractivity contribution >= 4 is 0 Å². The number of hydrogen-bond donors (Lipinski definition) is 1. The molecule has 0 spiro atoms.